The van der Waals surface area contributed by atoms with Crippen molar-refractivity contribution in [3.8, 4) is 0 Å². The average molecular weight is 378 g/mol. The van der Waals surface area contributed by atoms with E-state index in [2.05, 4.69) is 9.93 Å². The third-order valence-corrected chi connectivity index (χ3v) is 5.86. The fourth-order valence-corrected chi connectivity index (χ4v) is 3.91. The van der Waals surface area contributed by atoms with Crippen molar-refractivity contribution in [2.75, 3.05) is 0 Å². The van der Waals surface area contributed by atoms with Crippen molar-refractivity contribution in [3.63, 3.8) is 0 Å². The molecule has 0 atom stereocenters. The van der Waals surface area contributed by atoms with E-state index in [1.165, 1.54) is 18.2 Å². The summed E-state index contributed by atoms with van der Waals surface area (Å²) in [6, 6.07) is 10.5. The lowest BCUT2D eigenvalue weighted by atomic mass is 9.83. The van der Waals surface area contributed by atoms with E-state index in [-0.39, 0.29) is 10.8 Å². The van der Waals surface area contributed by atoms with Crippen LogP contribution in [0.2, 0.25) is 0 Å². The standard InChI is InChI=1S/C19H20F2N2O2S/c1-13-2-9-17(10-3-13)26(24,25)23-22-16-7-4-14(5-8-16)15-6-11-18(20)19(21)12-15/h2-3,6,9-12,14,23H,4-5,7-8H2,1H3. The van der Waals surface area contributed by atoms with Gasteiger partial charge < -0.3 is 0 Å². The van der Waals surface area contributed by atoms with Crippen molar-refractivity contribution in [1.29, 1.82) is 0 Å². The topological polar surface area (TPSA) is 58.5 Å². The molecule has 0 aromatic heterocycles. The molecule has 2 aromatic carbocycles. The molecule has 1 N–H and O–H groups in total. The van der Waals surface area contributed by atoms with Crippen LogP contribution in [0.5, 0.6) is 0 Å². The number of nitrogens with zero attached hydrogens (tertiary/aromatic N) is 1. The zero-order valence-corrected chi connectivity index (χ0v) is 15.2. The predicted molar refractivity (Wildman–Crippen MR) is 96.5 cm³/mol. The molecule has 0 aliphatic heterocycles. The molecule has 4 nitrogen and oxygen atoms in total. The molecule has 0 amide bonds. The van der Waals surface area contributed by atoms with E-state index in [0.29, 0.717) is 12.8 Å². The van der Waals surface area contributed by atoms with Gasteiger partial charge in [-0.25, -0.2) is 13.6 Å². The number of aryl methyl sites for hydroxylation is 1. The number of hydrogen-bond donors (Lipinski definition) is 1. The van der Waals surface area contributed by atoms with E-state index in [9.17, 15) is 17.2 Å². The Hall–Kier alpha value is -2.28. The highest BCUT2D eigenvalue weighted by Crippen LogP contribution is 2.32. The second kappa shape index (κ2) is 7.53. The first kappa shape index (κ1) is 18.5. The zero-order valence-electron chi connectivity index (χ0n) is 14.4. The Labute approximate surface area is 152 Å². The molecule has 0 unspecified atom stereocenters. The number of rotatable bonds is 4. The van der Waals surface area contributed by atoms with Crippen LogP contribution < -0.4 is 4.83 Å². The van der Waals surface area contributed by atoms with E-state index < -0.39 is 21.7 Å². The minimum atomic E-state index is -3.68. The van der Waals surface area contributed by atoms with Crippen LogP contribution in [0.3, 0.4) is 0 Å². The zero-order chi connectivity index (χ0) is 18.7. The second-order valence-corrected chi connectivity index (χ2v) is 8.19. The van der Waals surface area contributed by atoms with Gasteiger partial charge in [0.1, 0.15) is 0 Å². The molecule has 1 aliphatic carbocycles. The number of hydrazone groups is 1. The normalized spacial score (nSPS) is 17.8. The molecule has 7 heteroatoms. The highest BCUT2D eigenvalue weighted by molar-refractivity contribution is 7.89. The molecule has 0 heterocycles. The Morgan fingerprint density at radius 2 is 1.65 bits per heavy atom. The largest absolute Gasteiger partial charge is 0.276 e. The summed E-state index contributed by atoms with van der Waals surface area (Å²) in [6.07, 6.45) is 2.66. The Kier molecular flexibility index (Phi) is 5.36. The Balaban J connectivity index is 1.62. The fourth-order valence-electron chi connectivity index (χ4n) is 3.06. The molecule has 2 aromatic rings. The van der Waals surface area contributed by atoms with Crippen molar-refractivity contribution in [2.45, 2.75) is 43.4 Å². The van der Waals surface area contributed by atoms with Gasteiger partial charge in [-0.15, -0.1) is 0 Å². The highest BCUT2D eigenvalue weighted by atomic mass is 32.2. The Bertz CT molecular complexity index is 915. The van der Waals surface area contributed by atoms with E-state index >= 15 is 0 Å². The monoisotopic (exact) mass is 378 g/mol. The van der Waals surface area contributed by atoms with Crippen molar-refractivity contribution >= 4 is 15.7 Å². The predicted octanol–water partition coefficient (Wildman–Crippen LogP) is 4.27. The first-order valence-electron chi connectivity index (χ1n) is 8.44. The van der Waals surface area contributed by atoms with Gasteiger partial charge in [0.2, 0.25) is 0 Å². The molecule has 1 saturated carbocycles. The van der Waals surface area contributed by atoms with Crippen LogP contribution in [-0.4, -0.2) is 14.1 Å². The van der Waals surface area contributed by atoms with Gasteiger partial charge in [0.25, 0.3) is 10.0 Å². The minimum Gasteiger partial charge on any atom is -0.204 e. The van der Waals surface area contributed by atoms with E-state index in [1.54, 1.807) is 18.2 Å². The van der Waals surface area contributed by atoms with Crippen molar-refractivity contribution in [3.05, 3.63) is 65.2 Å². The molecule has 1 fully saturated rings. The van der Waals surface area contributed by atoms with Gasteiger partial charge in [0, 0.05) is 5.71 Å². The Morgan fingerprint density at radius 1 is 1.00 bits per heavy atom. The summed E-state index contributed by atoms with van der Waals surface area (Å²) in [5, 5.41) is 4.06. The average Bonchev–Trinajstić information content (AvgIpc) is 2.63. The third-order valence-electron chi connectivity index (χ3n) is 4.63. The molecule has 1 aliphatic rings. The van der Waals surface area contributed by atoms with Gasteiger partial charge in [0.15, 0.2) is 11.6 Å². The fraction of sp³-hybridized carbons (Fsp3) is 0.316. The molecule has 26 heavy (non-hydrogen) atoms. The second-order valence-electron chi connectivity index (χ2n) is 6.53. The smallest absolute Gasteiger partial charge is 0.204 e. The van der Waals surface area contributed by atoms with Crippen molar-refractivity contribution < 1.29 is 17.2 Å². The quantitative estimate of drug-likeness (QED) is 0.808. The maximum atomic E-state index is 13.4. The summed E-state index contributed by atoms with van der Waals surface area (Å²) < 4.78 is 50.9. The number of sulfonamides is 1. The highest BCUT2D eigenvalue weighted by Gasteiger charge is 2.21. The molecular weight excluding hydrogens is 358 g/mol. The summed E-state index contributed by atoms with van der Waals surface area (Å²) in [6.45, 7) is 1.88. The van der Waals surface area contributed by atoms with Gasteiger partial charge in [-0.2, -0.15) is 13.5 Å². The van der Waals surface area contributed by atoms with Gasteiger partial charge in [0.05, 0.1) is 4.90 Å². The van der Waals surface area contributed by atoms with Crippen LogP contribution >= 0.6 is 0 Å². The summed E-state index contributed by atoms with van der Waals surface area (Å²) in [7, 11) is -3.68. The number of nitrogens with one attached hydrogen (secondary N) is 1. The lowest BCUT2D eigenvalue weighted by Crippen LogP contribution is -2.22. The summed E-state index contributed by atoms with van der Waals surface area (Å²) in [5.74, 6) is -1.57. The van der Waals surface area contributed by atoms with Crippen LogP contribution in [0.1, 0.15) is 42.7 Å². The van der Waals surface area contributed by atoms with Crippen LogP contribution in [0.25, 0.3) is 0 Å². The van der Waals surface area contributed by atoms with Gasteiger partial charge >= 0.3 is 0 Å². The molecule has 138 valence electrons. The van der Waals surface area contributed by atoms with Crippen LogP contribution in [0.4, 0.5) is 8.78 Å². The molecule has 0 saturated heterocycles. The Morgan fingerprint density at radius 3 is 2.27 bits per heavy atom. The maximum Gasteiger partial charge on any atom is 0.276 e. The van der Waals surface area contributed by atoms with Crippen LogP contribution in [0.15, 0.2) is 52.5 Å². The van der Waals surface area contributed by atoms with Crippen molar-refractivity contribution in [1.82, 2.24) is 4.83 Å². The molecular formula is C19H20F2N2O2S. The van der Waals surface area contributed by atoms with Crippen LogP contribution in [-0.2, 0) is 10.0 Å². The molecule has 0 spiro atoms. The van der Waals surface area contributed by atoms with Gasteiger partial charge in [-0.3, -0.25) is 0 Å². The number of hydrogen-bond acceptors (Lipinski definition) is 3. The lowest BCUT2D eigenvalue weighted by Gasteiger charge is -2.23. The van der Waals surface area contributed by atoms with Gasteiger partial charge in [-0.1, -0.05) is 23.8 Å². The summed E-state index contributed by atoms with van der Waals surface area (Å²) >= 11 is 0. The third kappa shape index (κ3) is 4.27. The minimum absolute atomic E-state index is 0.123. The van der Waals surface area contributed by atoms with Gasteiger partial charge in [-0.05, 0) is 68.4 Å². The summed E-state index contributed by atoms with van der Waals surface area (Å²) in [5.41, 5.74) is 2.51. The number of halogens is 2. The van der Waals surface area contributed by atoms with Crippen molar-refractivity contribution in [2.24, 2.45) is 5.10 Å². The molecule has 0 bridgehead atoms. The first-order chi connectivity index (χ1) is 12.3. The SMILES string of the molecule is Cc1ccc(S(=O)(=O)NN=C2CCC(c3ccc(F)c(F)c3)CC2)cc1. The van der Waals surface area contributed by atoms with E-state index in [1.807, 2.05) is 6.92 Å². The molecule has 3 rings (SSSR count). The van der Waals surface area contributed by atoms with E-state index in [4.69, 9.17) is 0 Å². The van der Waals surface area contributed by atoms with E-state index in [0.717, 1.165) is 35.7 Å². The van der Waals surface area contributed by atoms with Crippen LogP contribution in [0, 0.1) is 18.6 Å². The first-order valence-corrected chi connectivity index (χ1v) is 9.92. The maximum absolute atomic E-state index is 13.4. The summed E-state index contributed by atoms with van der Waals surface area (Å²) in [4.78, 5) is 2.46. The number of benzene rings is 2. The lowest BCUT2D eigenvalue weighted by molar-refractivity contribution is 0.499. The molecule has 0 radical (unpaired) electrons.